The molecular weight excluding hydrogens is 196 g/mol. The molecule has 1 unspecified atom stereocenters. The van der Waals surface area contributed by atoms with Gasteiger partial charge in [-0.25, -0.2) is 0 Å². The van der Waals surface area contributed by atoms with E-state index in [9.17, 15) is 0 Å². The zero-order valence-corrected chi connectivity index (χ0v) is 11.6. The van der Waals surface area contributed by atoms with Gasteiger partial charge in [-0.2, -0.15) is 0 Å². The van der Waals surface area contributed by atoms with E-state index in [4.69, 9.17) is 5.73 Å². The van der Waals surface area contributed by atoms with Gasteiger partial charge in [0.05, 0.1) is 0 Å². The maximum Gasteiger partial charge on any atom is 0.0329 e. The summed E-state index contributed by atoms with van der Waals surface area (Å²) in [7, 11) is 0. The first-order chi connectivity index (χ1) is 7.56. The topological polar surface area (TPSA) is 29.3 Å². The number of hydrogen-bond acceptors (Lipinski definition) is 2. The summed E-state index contributed by atoms with van der Waals surface area (Å²) in [4.78, 5) is 2.68. The van der Waals surface area contributed by atoms with Crippen molar-refractivity contribution in [1.29, 1.82) is 0 Å². The van der Waals surface area contributed by atoms with E-state index in [2.05, 4.69) is 32.6 Å². The Morgan fingerprint density at radius 1 is 1.25 bits per heavy atom. The van der Waals surface area contributed by atoms with Crippen molar-refractivity contribution < 1.29 is 0 Å². The smallest absolute Gasteiger partial charge is 0.0329 e. The molecule has 16 heavy (non-hydrogen) atoms. The first-order valence-electron chi connectivity index (χ1n) is 7.03. The average molecular weight is 226 g/mol. The highest BCUT2D eigenvalue weighted by Gasteiger charge is 2.37. The van der Waals surface area contributed by atoms with Gasteiger partial charge in [0.1, 0.15) is 0 Å². The van der Waals surface area contributed by atoms with Gasteiger partial charge in [0, 0.05) is 18.1 Å². The van der Waals surface area contributed by atoms with Crippen molar-refractivity contribution in [1.82, 2.24) is 4.90 Å². The lowest BCUT2D eigenvalue weighted by molar-refractivity contribution is 0.0161. The van der Waals surface area contributed by atoms with Gasteiger partial charge >= 0.3 is 0 Å². The zero-order valence-electron chi connectivity index (χ0n) is 11.6. The summed E-state index contributed by atoms with van der Waals surface area (Å²) in [5.41, 5.74) is 6.23. The molecule has 0 aliphatic heterocycles. The van der Waals surface area contributed by atoms with Crippen LogP contribution in [0.4, 0.5) is 0 Å². The Kier molecular flexibility index (Phi) is 5.26. The number of nitrogens with zero attached hydrogens (tertiary/aromatic N) is 1. The summed E-state index contributed by atoms with van der Waals surface area (Å²) in [5, 5.41) is 0. The molecule has 0 bridgehead atoms. The van der Waals surface area contributed by atoms with Crippen LogP contribution in [0.1, 0.15) is 59.8 Å². The Hall–Kier alpha value is -0.0800. The highest BCUT2D eigenvalue weighted by atomic mass is 15.2. The van der Waals surface area contributed by atoms with Crippen molar-refractivity contribution in [2.45, 2.75) is 71.4 Å². The molecule has 1 atom stereocenters. The van der Waals surface area contributed by atoms with E-state index in [0.29, 0.717) is 5.92 Å². The van der Waals surface area contributed by atoms with Crippen molar-refractivity contribution in [3.05, 3.63) is 0 Å². The SMILES string of the molecule is CCN(C1CCCCC1)C(C)(CN)C(C)C. The lowest BCUT2D eigenvalue weighted by Gasteiger charge is -2.48. The Bertz CT molecular complexity index is 197. The highest BCUT2D eigenvalue weighted by molar-refractivity contribution is 4.93. The second-order valence-corrected chi connectivity index (χ2v) is 5.79. The van der Waals surface area contributed by atoms with Gasteiger partial charge in [0.2, 0.25) is 0 Å². The van der Waals surface area contributed by atoms with Gasteiger partial charge in [-0.15, -0.1) is 0 Å². The van der Waals surface area contributed by atoms with E-state index in [1.807, 2.05) is 0 Å². The van der Waals surface area contributed by atoms with Crippen LogP contribution < -0.4 is 5.73 Å². The van der Waals surface area contributed by atoms with Gasteiger partial charge in [0.25, 0.3) is 0 Å². The fourth-order valence-electron chi connectivity index (χ4n) is 3.11. The molecule has 2 heteroatoms. The lowest BCUT2D eigenvalue weighted by Crippen LogP contribution is -2.59. The molecule has 0 aromatic carbocycles. The van der Waals surface area contributed by atoms with Gasteiger partial charge in [-0.1, -0.05) is 40.0 Å². The Morgan fingerprint density at radius 3 is 2.19 bits per heavy atom. The summed E-state index contributed by atoms with van der Waals surface area (Å²) in [5.74, 6) is 0.624. The van der Waals surface area contributed by atoms with Gasteiger partial charge in [0.15, 0.2) is 0 Å². The maximum atomic E-state index is 6.05. The van der Waals surface area contributed by atoms with E-state index in [1.54, 1.807) is 0 Å². The van der Waals surface area contributed by atoms with Crippen LogP contribution in [0, 0.1) is 5.92 Å². The molecule has 96 valence electrons. The van der Waals surface area contributed by atoms with E-state index >= 15 is 0 Å². The van der Waals surface area contributed by atoms with Crippen LogP contribution in [0.25, 0.3) is 0 Å². The highest BCUT2D eigenvalue weighted by Crippen LogP contribution is 2.31. The summed E-state index contributed by atoms with van der Waals surface area (Å²) in [6.45, 7) is 11.1. The summed E-state index contributed by atoms with van der Waals surface area (Å²) < 4.78 is 0. The molecule has 2 nitrogen and oxygen atoms in total. The molecule has 0 aromatic heterocycles. The van der Waals surface area contributed by atoms with Gasteiger partial charge in [-0.3, -0.25) is 4.90 Å². The summed E-state index contributed by atoms with van der Waals surface area (Å²) in [6.07, 6.45) is 6.97. The molecule has 1 aliphatic rings. The maximum absolute atomic E-state index is 6.05. The normalized spacial score (nSPS) is 22.7. The fraction of sp³-hybridized carbons (Fsp3) is 1.00. The van der Waals surface area contributed by atoms with E-state index < -0.39 is 0 Å². The zero-order chi connectivity index (χ0) is 12.2. The minimum atomic E-state index is 0.177. The van der Waals surface area contributed by atoms with Gasteiger partial charge < -0.3 is 5.73 Å². The largest absolute Gasteiger partial charge is 0.329 e. The van der Waals surface area contributed by atoms with Crippen molar-refractivity contribution in [2.75, 3.05) is 13.1 Å². The molecule has 0 radical (unpaired) electrons. The number of rotatable bonds is 5. The van der Waals surface area contributed by atoms with E-state index in [1.165, 1.54) is 32.1 Å². The van der Waals surface area contributed by atoms with Crippen LogP contribution in [-0.2, 0) is 0 Å². The Labute approximate surface area is 102 Å². The number of nitrogens with two attached hydrogens (primary N) is 1. The van der Waals surface area contributed by atoms with Crippen LogP contribution >= 0.6 is 0 Å². The third-order valence-electron chi connectivity index (χ3n) is 4.67. The minimum Gasteiger partial charge on any atom is -0.329 e. The molecule has 0 saturated heterocycles. The predicted molar refractivity (Wildman–Crippen MR) is 71.6 cm³/mol. The summed E-state index contributed by atoms with van der Waals surface area (Å²) in [6, 6.07) is 0.773. The van der Waals surface area contributed by atoms with Crippen LogP contribution in [-0.4, -0.2) is 29.6 Å². The molecular formula is C14H30N2. The van der Waals surface area contributed by atoms with Crippen LogP contribution in [0.3, 0.4) is 0 Å². The molecule has 0 spiro atoms. The monoisotopic (exact) mass is 226 g/mol. The van der Waals surface area contributed by atoms with Crippen LogP contribution in [0.5, 0.6) is 0 Å². The van der Waals surface area contributed by atoms with Crippen LogP contribution in [0.15, 0.2) is 0 Å². The molecule has 1 saturated carbocycles. The molecule has 1 fully saturated rings. The molecule has 1 rings (SSSR count). The Morgan fingerprint density at radius 2 is 1.81 bits per heavy atom. The minimum absolute atomic E-state index is 0.177. The third kappa shape index (κ3) is 2.78. The standard InChI is InChI=1S/C14H30N2/c1-5-16(13-9-7-6-8-10-13)14(4,11-15)12(2)3/h12-13H,5-11,15H2,1-4H3. The second-order valence-electron chi connectivity index (χ2n) is 5.79. The second kappa shape index (κ2) is 6.02. The first-order valence-corrected chi connectivity index (χ1v) is 7.03. The van der Waals surface area contributed by atoms with E-state index in [0.717, 1.165) is 19.1 Å². The molecule has 2 N–H and O–H groups in total. The average Bonchev–Trinajstić information content (AvgIpc) is 2.30. The van der Waals surface area contributed by atoms with Crippen molar-refractivity contribution >= 4 is 0 Å². The van der Waals surface area contributed by atoms with Crippen molar-refractivity contribution in [3.8, 4) is 0 Å². The van der Waals surface area contributed by atoms with Crippen LogP contribution in [0.2, 0.25) is 0 Å². The molecule has 0 amide bonds. The van der Waals surface area contributed by atoms with Crippen molar-refractivity contribution in [2.24, 2.45) is 11.7 Å². The van der Waals surface area contributed by atoms with Crippen molar-refractivity contribution in [3.63, 3.8) is 0 Å². The quantitative estimate of drug-likeness (QED) is 0.781. The number of hydrogen-bond donors (Lipinski definition) is 1. The predicted octanol–water partition coefficient (Wildman–Crippen LogP) is 3.01. The number of likely N-dealkylation sites (N-methyl/N-ethyl adjacent to an activating group) is 1. The van der Waals surface area contributed by atoms with E-state index in [-0.39, 0.29) is 5.54 Å². The Balaban J connectivity index is 2.77. The molecule has 1 aliphatic carbocycles. The molecule has 0 aromatic rings. The first kappa shape index (κ1) is 14.0. The summed E-state index contributed by atoms with van der Waals surface area (Å²) >= 11 is 0. The third-order valence-corrected chi connectivity index (χ3v) is 4.67. The van der Waals surface area contributed by atoms with Gasteiger partial charge in [-0.05, 0) is 32.2 Å². The molecule has 0 heterocycles. The lowest BCUT2D eigenvalue weighted by atomic mass is 9.82. The fourth-order valence-corrected chi connectivity index (χ4v) is 3.11.